The average molecular weight is 499 g/mol. The molecule has 4 aliphatic heterocycles. The van der Waals surface area contributed by atoms with E-state index in [-0.39, 0.29) is 5.92 Å². The Bertz CT molecular complexity index is 989. The summed E-state index contributed by atoms with van der Waals surface area (Å²) in [4.78, 5) is 11.7. The SMILES string of the molecule is C/C=C/C(F)(F)[C@@H]1CC=C2C(C1)C(C1=CCN(C)CC1)=CN2CCC1C=NC(N2CCOCC2)=CC1. The lowest BCUT2D eigenvalue weighted by molar-refractivity contribution is -0.0180. The third kappa shape index (κ3) is 5.52. The van der Waals surface area contributed by atoms with Gasteiger partial charge in [-0.1, -0.05) is 18.2 Å². The highest BCUT2D eigenvalue weighted by Gasteiger charge is 2.44. The summed E-state index contributed by atoms with van der Waals surface area (Å²) in [5, 5.41) is 0. The molecule has 1 saturated heterocycles. The van der Waals surface area contributed by atoms with Crippen LogP contribution in [0.15, 0.2) is 64.2 Å². The largest absolute Gasteiger partial charge is 0.378 e. The Labute approximate surface area is 214 Å². The minimum Gasteiger partial charge on any atom is -0.378 e. The molecular weight excluding hydrogens is 458 g/mol. The number of likely N-dealkylation sites (N-methyl/N-ethyl adjacent to an activating group) is 1. The average Bonchev–Trinajstić information content (AvgIpc) is 3.27. The smallest absolute Gasteiger partial charge is 0.269 e. The molecule has 0 aromatic rings. The second-order valence-corrected chi connectivity index (χ2v) is 10.8. The summed E-state index contributed by atoms with van der Waals surface area (Å²) in [5.74, 6) is -1.85. The molecule has 1 aliphatic carbocycles. The van der Waals surface area contributed by atoms with Gasteiger partial charge in [0, 0.05) is 62.7 Å². The number of halogens is 2. The zero-order valence-electron chi connectivity index (χ0n) is 21.7. The summed E-state index contributed by atoms with van der Waals surface area (Å²) >= 11 is 0. The van der Waals surface area contributed by atoms with Gasteiger partial charge in [-0.05, 0) is 75.3 Å². The molecule has 0 bridgehead atoms. The van der Waals surface area contributed by atoms with Gasteiger partial charge >= 0.3 is 0 Å². The van der Waals surface area contributed by atoms with Crippen molar-refractivity contribution in [3.05, 3.63) is 59.2 Å². The highest BCUT2D eigenvalue weighted by atomic mass is 19.3. The van der Waals surface area contributed by atoms with E-state index in [1.54, 1.807) is 6.92 Å². The maximum atomic E-state index is 14.8. The van der Waals surface area contributed by atoms with E-state index in [1.807, 2.05) is 0 Å². The zero-order chi connectivity index (χ0) is 25.1. The van der Waals surface area contributed by atoms with Crippen LogP contribution >= 0.6 is 0 Å². The van der Waals surface area contributed by atoms with Crippen LogP contribution < -0.4 is 0 Å². The standard InChI is InChI=1S/C29H40F2N4O/c1-3-11-29(30,31)24-5-6-27-25(19-24)26(23-9-12-33(2)13-10-23)21-35(27)14-8-22-4-7-28(32-20-22)34-15-17-36-18-16-34/h3,6-7,9,11,20-22,24-25H,4-5,8,10,12-19H2,1-2H3/b11-3+/t22?,24-,25?/m1/s1. The van der Waals surface area contributed by atoms with Crippen LogP contribution in [0.5, 0.6) is 0 Å². The van der Waals surface area contributed by atoms with E-state index in [0.717, 1.165) is 77.1 Å². The lowest BCUT2D eigenvalue weighted by Crippen LogP contribution is -2.36. The van der Waals surface area contributed by atoms with Gasteiger partial charge in [-0.3, -0.25) is 0 Å². The van der Waals surface area contributed by atoms with Crippen LogP contribution in [0.4, 0.5) is 8.78 Å². The fourth-order valence-electron chi connectivity index (χ4n) is 6.10. The summed E-state index contributed by atoms with van der Waals surface area (Å²) in [7, 11) is 2.13. The molecule has 7 heteroatoms. The van der Waals surface area contributed by atoms with Crippen molar-refractivity contribution in [1.82, 2.24) is 14.7 Å². The topological polar surface area (TPSA) is 31.3 Å². The lowest BCUT2D eigenvalue weighted by Gasteiger charge is -2.35. The molecule has 0 radical (unpaired) electrons. The van der Waals surface area contributed by atoms with Gasteiger partial charge < -0.3 is 19.4 Å². The van der Waals surface area contributed by atoms with Crippen LogP contribution in [0.3, 0.4) is 0 Å². The summed E-state index contributed by atoms with van der Waals surface area (Å²) < 4.78 is 35.1. The summed E-state index contributed by atoms with van der Waals surface area (Å²) in [5.41, 5.74) is 3.84. The molecule has 0 aromatic carbocycles. The first-order chi connectivity index (χ1) is 17.4. The van der Waals surface area contributed by atoms with E-state index in [4.69, 9.17) is 9.73 Å². The summed E-state index contributed by atoms with van der Waals surface area (Å²) in [6.07, 6.45) is 17.6. The molecule has 36 heavy (non-hydrogen) atoms. The van der Waals surface area contributed by atoms with Crippen LogP contribution in [0.25, 0.3) is 0 Å². The predicted molar refractivity (Wildman–Crippen MR) is 141 cm³/mol. The van der Waals surface area contributed by atoms with Crippen molar-refractivity contribution in [3.8, 4) is 0 Å². The molecule has 3 atom stereocenters. The first-order valence-electron chi connectivity index (χ1n) is 13.6. The van der Waals surface area contributed by atoms with Gasteiger partial charge in [-0.25, -0.2) is 13.8 Å². The van der Waals surface area contributed by atoms with Crippen molar-refractivity contribution in [3.63, 3.8) is 0 Å². The lowest BCUT2D eigenvalue weighted by atomic mass is 9.76. The highest BCUT2D eigenvalue weighted by Crippen LogP contribution is 2.48. The van der Waals surface area contributed by atoms with E-state index in [9.17, 15) is 8.78 Å². The Kier molecular flexibility index (Phi) is 7.77. The molecule has 0 N–H and O–H groups in total. The second kappa shape index (κ2) is 11.0. The molecule has 5 nitrogen and oxygen atoms in total. The van der Waals surface area contributed by atoms with Crippen LogP contribution in [0.1, 0.15) is 39.0 Å². The van der Waals surface area contributed by atoms with Gasteiger partial charge in [0.05, 0.1) is 13.2 Å². The van der Waals surface area contributed by atoms with Gasteiger partial charge in [0.25, 0.3) is 5.92 Å². The molecule has 5 aliphatic rings. The van der Waals surface area contributed by atoms with Gasteiger partial charge in [0.1, 0.15) is 5.82 Å². The Morgan fingerprint density at radius 2 is 1.97 bits per heavy atom. The van der Waals surface area contributed by atoms with Crippen LogP contribution in [0, 0.1) is 17.8 Å². The van der Waals surface area contributed by atoms with Crippen molar-refractivity contribution in [2.24, 2.45) is 22.7 Å². The second-order valence-electron chi connectivity index (χ2n) is 10.8. The van der Waals surface area contributed by atoms with Crippen molar-refractivity contribution in [2.75, 3.05) is 53.0 Å². The number of ether oxygens (including phenoxy) is 1. The number of nitrogens with zero attached hydrogens (tertiary/aromatic N) is 4. The molecule has 5 rings (SSSR count). The van der Waals surface area contributed by atoms with Crippen LogP contribution in [-0.2, 0) is 4.74 Å². The first kappa shape index (κ1) is 25.4. The van der Waals surface area contributed by atoms with Crippen molar-refractivity contribution in [1.29, 1.82) is 0 Å². The minimum absolute atomic E-state index is 0.0716. The number of aliphatic imine (C=N–C) groups is 1. The minimum atomic E-state index is -2.76. The molecule has 4 heterocycles. The zero-order valence-corrected chi connectivity index (χ0v) is 21.7. The number of morpholine rings is 1. The Morgan fingerprint density at radius 3 is 2.67 bits per heavy atom. The van der Waals surface area contributed by atoms with E-state index >= 15 is 0 Å². The van der Waals surface area contributed by atoms with Gasteiger partial charge in [-0.2, -0.15) is 0 Å². The number of rotatable bonds is 7. The number of hydrogen-bond donors (Lipinski definition) is 0. The maximum Gasteiger partial charge on any atom is 0.269 e. The van der Waals surface area contributed by atoms with Crippen molar-refractivity contribution < 1.29 is 13.5 Å². The molecule has 2 unspecified atom stereocenters. The fraction of sp³-hybridized carbons (Fsp3) is 0.621. The van der Waals surface area contributed by atoms with Crippen LogP contribution in [-0.4, -0.2) is 79.8 Å². The maximum absolute atomic E-state index is 14.8. The Balaban J connectivity index is 1.27. The third-order valence-electron chi connectivity index (χ3n) is 8.30. The third-order valence-corrected chi connectivity index (χ3v) is 8.30. The fourth-order valence-corrected chi connectivity index (χ4v) is 6.10. The summed E-state index contributed by atoms with van der Waals surface area (Å²) in [6, 6.07) is 0. The monoisotopic (exact) mass is 498 g/mol. The molecule has 0 aromatic heterocycles. The summed E-state index contributed by atoms with van der Waals surface area (Å²) in [6.45, 7) is 7.87. The predicted octanol–water partition coefficient (Wildman–Crippen LogP) is 5.22. The number of fused-ring (bicyclic) bond motifs is 1. The van der Waals surface area contributed by atoms with Crippen molar-refractivity contribution >= 4 is 6.21 Å². The number of allylic oxidation sites excluding steroid dienone is 5. The first-order valence-corrected chi connectivity index (χ1v) is 13.6. The van der Waals surface area contributed by atoms with Crippen molar-refractivity contribution in [2.45, 2.75) is 45.0 Å². The van der Waals surface area contributed by atoms with Gasteiger partial charge in [0.2, 0.25) is 0 Å². The van der Waals surface area contributed by atoms with Gasteiger partial charge in [-0.15, -0.1) is 0 Å². The molecule has 0 spiro atoms. The van der Waals surface area contributed by atoms with E-state index in [2.05, 4.69) is 52.4 Å². The van der Waals surface area contributed by atoms with Crippen LogP contribution in [0.2, 0.25) is 0 Å². The highest BCUT2D eigenvalue weighted by molar-refractivity contribution is 5.64. The normalized spacial score (nSPS) is 29.7. The molecule has 0 amide bonds. The molecular formula is C29H40F2N4O. The van der Waals surface area contributed by atoms with E-state index < -0.39 is 11.8 Å². The Hall–Kier alpha value is -2.25. The molecule has 196 valence electrons. The number of hydrogen-bond acceptors (Lipinski definition) is 5. The van der Waals surface area contributed by atoms with E-state index in [1.165, 1.54) is 22.9 Å². The molecule has 0 saturated carbocycles. The quantitative estimate of drug-likeness (QED) is 0.450. The van der Waals surface area contributed by atoms with E-state index in [0.29, 0.717) is 18.8 Å². The molecule has 1 fully saturated rings. The number of alkyl halides is 2. The van der Waals surface area contributed by atoms with Gasteiger partial charge in [0.15, 0.2) is 0 Å². The Morgan fingerprint density at radius 1 is 1.14 bits per heavy atom.